The second kappa shape index (κ2) is 10.6. The van der Waals surface area contributed by atoms with E-state index in [0.717, 1.165) is 0 Å². The SMILES string of the molecule is CCO/C(=N/C(=O)Nc1ccc(Oc2ncc(Br)cn2)c(Cl)c1)c1ccccc1[N+](=O)[O-]. The van der Waals surface area contributed by atoms with Crippen molar-refractivity contribution in [2.75, 3.05) is 11.9 Å². The van der Waals surface area contributed by atoms with Crippen molar-refractivity contribution in [1.29, 1.82) is 0 Å². The molecular weight excluding hydrogens is 506 g/mol. The molecule has 1 heterocycles. The van der Waals surface area contributed by atoms with Crippen LogP contribution in [0.15, 0.2) is 64.3 Å². The van der Waals surface area contributed by atoms with Gasteiger partial charge in [0.1, 0.15) is 11.3 Å². The van der Waals surface area contributed by atoms with Gasteiger partial charge in [0.25, 0.3) is 5.69 Å². The molecule has 1 aromatic heterocycles. The molecule has 32 heavy (non-hydrogen) atoms. The summed E-state index contributed by atoms with van der Waals surface area (Å²) in [5.74, 6) is 0.112. The van der Waals surface area contributed by atoms with Gasteiger partial charge in [-0.2, -0.15) is 4.99 Å². The smallest absolute Gasteiger partial charge is 0.348 e. The highest BCUT2D eigenvalue weighted by Gasteiger charge is 2.20. The third-order valence-electron chi connectivity index (χ3n) is 3.80. The number of ether oxygens (including phenoxy) is 2. The molecular formula is C20H15BrClN5O5. The van der Waals surface area contributed by atoms with E-state index >= 15 is 0 Å². The lowest BCUT2D eigenvalue weighted by Gasteiger charge is -2.10. The molecule has 0 saturated carbocycles. The number of aliphatic imine (C=N–C) groups is 1. The Morgan fingerprint density at radius 3 is 2.62 bits per heavy atom. The number of anilines is 1. The standard InChI is InChI=1S/C20H15BrClN5O5/c1-2-31-18(14-5-3-4-6-16(14)27(29)30)26-19(28)25-13-7-8-17(15(22)9-13)32-20-23-10-12(21)11-24-20/h3-11H,2H2,1H3,(H,25,28)/b26-18+. The quantitative estimate of drug-likeness (QED) is 0.194. The van der Waals surface area contributed by atoms with Crippen molar-refractivity contribution in [2.45, 2.75) is 6.92 Å². The van der Waals surface area contributed by atoms with E-state index in [1.165, 1.54) is 42.7 Å². The van der Waals surface area contributed by atoms with Crippen molar-refractivity contribution < 1.29 is 19.2 Å². The highest BCUT2D eigenvalue weighted by atomic mass is 79.9. The number of amides is 2. The third-order valence-corrected chi connectivity index (χ3v) is 4.50. The Balaban J connectivity index is 1.78. The molecule has 0 saturated heterocycles. The number of urea groups is 1. The van der Waals surface area contributed by atoms with Crippen LogP contribution in [-0.2, 0) is 4.74 Å². The summed E-state index contributed by atoms with van der Waals surface area (Å²) in [6.45, 7) is 1.84. The first kappa shape index (κ1) is 23.1. The summed E-state index contributed by atoms with van der Waals surface area (Å²) in [6, 6.07) is 9.67. The van der Waals surface area contributed by atoms with Crippen molar-refractivity contribution in [3.05, 3.63) is 80.0 Å². The van der Waals surface area contributed by atoms with Crippen LogP contribution < -0.4 is 10.1 Å². The van der Waals surface area contributed by atoms with Gasteiger partial charge in [-0.3, -0.25) is 10.1 Å². The molecule has 3 aromatic rings. The van der Waals surface area contributed by atoms with Crippen LogP contribution in [0.1, 0.15) is 12.5 Å². The summed E-state index contributed by atoms with van der Waals surface area (Å²) < 4.78 is 11.6. The van der Waals surface area contributed by atoms with Gasteiger partial charge in [-0.25, -0.2) is 14.8 Å². The molecule has 0 fully saturated rings. The number of carbonyl (C=O) groups excluding carboxylic acids is 1. The number of benzene rings is 2. The van der Waals surface area contributed by atoms with Crippen molar-refractivity contribution in [2.24, 2.45) is 4.99 Å². The van der Waals surface area contributed by atoms with Gasteiger partial charge in [-0.05, 0) is 47.1 Å². The highest BCUT2D eigenvalue weighted by Crippen LogP contribution is 2.30. The van der Waals surface area contributed by atoms with E-state index in [1.807, 2.05) is 0 Å². The number of nitrogens with one attached hydrogen (secondary N) is 1. The van der Waals surface area contributed by atoms with Crippen molar-refractivity contribution in [3.8, 4) is 11.8 Å². The summed E-state index contributed by atoms with van der Waals surface area (Å²) in [4.78, 5) is 35.0. The fourth-order valence-electron chi connectivity index (χ4n) is 2.48. The number of nitrogens with zero attached hydrogens (tertiary/aromatic N) is 4. The van der Waals surface area contributed by atoms with Crippen LogP contribution in [0.3, 0.4) is 0 Å². The molecule has 12 heteroatoms. The lowest BCUT2D eigenvalue weighted by atomic mass is 10.2. The average Bonchev–Trinajstić information content (AvgIpc) is 2.76. The van der Waals surface area contributed by atoms with E-state index in [4.69, 9.17) is 21.1 Å². The van der Waals surface area contributed by atoms with Crippen LogP contribution in [0.5, 0.6) is 11.8 Å². The van der Waals surface area contributed by atoms with Crippen LogP contribution in [0.2, 0.25) is 5.02 Å². The van der Waals surface area contributed by atoms with Crippen molar-refractivity contribution in [3.63, 3.8) is 0 Å². The molecule has 0 bridgehead atoms. The van der Waals surface area contributed by atoms with Gasteiger partial charge in [0.2, 0.25) is 5.90 Å². The van der Waals surface area contributed by atoms with Gasteiger partial charge in [-0.15, -0.1) is 0 Å². The van der Waals surface area contributed by atoms with Crippen molar-refractivity contribution >= 4 is 50.8 Å². The highest BCUT2D eigenvalue weighted by molar-refractivity contribution is 9.10. The summed E-state index contributed by atoms with van der Waals surface area (Å²) >= 11 is 9.45. The summed E-state index contributed by atoms with van der Waals surface area (Å²) in [7, 11) is 0. The number of hydrogen-bond donors (Lipinski definition) is 1. The molecule has 0 aliphatic carbocycles. The fraction of sp³-hybridized carbons (Fsp3) is 0.100. The van der Waals surface area contributed by atoms with E-state index in [1.54, 1.807) is 19.1 Å². The number of hydrogen-bond acceptors (Lipinski definition) is 7. The van der Waals surface area contributed by atoms with E-state index < -0.39 is 11.0 Å². The monoisotopic (exact) mass is 519 g/mol. The second-order valence-corrected chi connectivity index (χ2v) is 7.31. The topological polar surface area (TPSA) is 129 Å². The number of para-hydroxylation sites is 1. The van der Waals surface area contributed by atoms with Crippen LogP contribution >= 0.6 is 27.5 Å². The predicted octanol–water partition coefficient (Wildman–Crippen LogP) is 5.61. The lowest BCUT2D eigenvalue weighted by Crippen LogP contribution is -2.15. The molecule has 0 radical (unpaired) electrons. The van der Waals surface area contributed by atoms with E-state index in [9.17, 15) is 14.9 Å². The molecule has 10 nitrogen and oxygen atoms in total. The van der Waals surface area contributed by atoms with E-state index in [0.29, 0.717) is 10.2 Å². The summed E-state index contributed by atoms with van der Waals surface area (Å²) in [5.41, 5.74) is 0.184. The second-order valence-electron chi connectivity index (χ2n) is 5.99. The minimum atomic E-state index is -0.799. The van der Waals surface area contributed by atoms with Crippen LogP contribution in [-0.4, -0.2) is 33.4 Å². The van der Waals surface area contributed by atoms with Gasteiger partial charge >= 0.3 is 12.0 Å². The van der Waals surface area contributed by atoms with Gasteiger partial charge in [0, 0.05) is 24.1 Å². The molecule has 0 unspecified atom stereocenters. The number of nitro benzene ring substituents is 1. The minimum absolute atomic E-state index is 0.0887. The Kier molecular flexibility index (Phi) is 7.68. The first-order valence-electron chi connectivity index (χ1n) is 9.08. The maximum atomic E-state index is 12.4. The Hall–Kier alpha value is -3.57. The van der Waals surface area contributed by atoms with Gasteiger partial charge in [-0.1, -0.05) is 23.7 Å². The zero-order valence-corrected chi connectivity index (χ0v) is 18.8. The van der Waals surface area contributed by atoms with Crippen molar-refractivity contribution in [1.82, 2.24) is 9.97 Å². The number of rotatable bonds is 6. The molecule has 0 spiro atoms. The molecule has 3 rings (SSSR count). The van der Waals surface area contributed by atoms with Gasteiger partial charge in [0.05, 0.1) is 21.0 Å². The summed E-state index contributed by atoms with van der Waals surface area (Å²) in [6.07, 6.45) is 3.05. The normalized spacial score (nSPS) is 11.0. The Morgan fingerprint density at radius 1 is 1.25 bits per heavy atom. The van der Waals surface area contributed by atoms with Gasteiger partial charge in [0.15, 0.2) is 0 Å². The Morgan fingerprint density at radius 2 is 1.97 bits per heavy atom. The predicted molar refractivity (Wildman–Crippen MR) is 122 cm³/mol. The van der Waals surface area contributed by atoms with Crippen LogP contribution in [0.4, 0.5) is 16.2 Å². The Labute approximate surface area is 195 Å². The number of aromatic nitrogens is 2. The molecule has 0 aliphatic rings. The summed E-state index contributed by atoms with van der Waals surface area (Å²) in [5, 5.41) is 14.0. The maximum Gasteiger partial charge on any atom is 0.348 e. The molecule has 2 amide bonds. The van der Waals surface area contributed by atoms with Crippen LogP contribution in [0.25, 0.3) is 0 Å². The number of nitro groups is 1. The zero-order chi connectivity index (χ0) is 23.1. The third kappa shape index (κ3) is 5.99. The average molecular weight is 521 g/mol. The Bertz CT molecular complexity index is 1170. The number of carbonyl (C=O) groups is 1. The largest absolute Gasteiger partial charge is 0.477 e. The maximum absolute atomic E-state index is 12.4. The number of halogens is 2. The molecule has 1 N–H and O–H groups in total. The van der Waals surface area contributed by atoms with E-state index in [2.05, 4.69) is 36.2 Å². The first-order chi connectivity index (χ1) is 15.4. The molecule has 0 atom stereocenters. The first-order valence-corrected chi connectivity index (χ1v) is 10.3. The molecule has 0 aliphatic heterocycles. The zero-order valence-electron chi connectivity index (χ0n) is 16.5. The van der Waals surface area contributed by atoms with Crippen LogP contribution in [0, 0.1) is 10.1 Å². The molecule has 164 valence electrons. The fourth-order valence-corrected chi connectivity index (χ4v) is 2.90. The minimum Gasteiger partial charge on any atom is -0.477 e. The van der Waals surface area contributed by atoms with Gasteiger partial charge < -0.3 is 14.8 Å². The lowest BCUT2D eigenvalue weighted by molar-refractivity contribution is -0.385. The molecule has 2 aromatic carbocycles. The van der Waals surface area contributed by atoms with E-state index in [-0.39, 0.29) is 40.5 Å².